The maximum Gasteiger partial charge on any atom is 0.0720 e. The lowest BCUT2D eigenvalue weighted by atomic mass is 9.75. The molecule has 0 bridgehead atoms. The first-order chi connectivity index (χ1) is 10.1. The summed E-state index contributed by atoms with van der Waals surface area (Å²) < 4.78 is 0. The highest BCUT2D eigenvalue weighted by Gasteiger charge is 2.37. The Labute approximate surface area is 131 Å². The van der Waals surface area contributed by atoms with Gasteiger partial charge in [0, 0.05) is 0 Å². The molecule has 0 spiro atoms. The van der Waals surface area contributed by atoms with Crippen LogP contribution in [0.15, 0.2) is 24.3 Å². The number of unbranched alkanes of at least 4 members (excludes halogenated alkanes) is 2. The molecule has 1 aliphatic rings. The lowest BCUT2D eigenvalue weighted by molar-refractivity contribution is 0.125. The van der Waals surface area contributed by atoms with E-state index in [4.69, 9.17) is 7.85 Å². The molecule has 0 aromatic heterocycles. The highest BCUT2D eigenvalue weighted by molar-refractivity contribution is 6.12. The molecule has 118 valence electrons. The van der Waals surface area contributed by atoms with Gasteiger partial charge in [-0.2, -0.15) is 0 Å². The zero-order chi connectivity index (χ0) is 15.7. The van der Waals surface area contributed by atoms with E-state index in [1.54, 1.807) is 0 Å². The molecule has 2 unspecified atom stereocenters. The third kappa shape index (κ3) is 6.40. The van der Waals surface area contributed by atoms with E-state index in [9.17, 15) is 10.2 Å². The van der Waals surface area contributed by atoms with Gasteiger partial charge in [-0.05, 0) is 37.5 Å². The number of hydrogen-bond donors (Lipinski definition) is 2. The number of aliphatic hydroxyl groups is 2. The second kappa shape index (κ2) is 10.2. The largest absolute Gasteiger partial charge is 0.393 e. The van der Waals surface area contributed by atoms with Gasteiger partial charge in [0.15, 0.2) is 0 Å². The van der Waals surface area contributed by atoms with Crippen LogP contribution in [0.4, 0.5) is 0 Å². The van der Waals surface area contributed by atoms with Crippen LogP contribution < -0.4 is 0 Å². The summed E-state index contributed by atoms with van der Waals surface area (Å²) in [4.78, 5) is 0. The van der Waals surface area contributed by atoms with Crippen molar-refractivity contribution < 1.29 is 10.2 Å². The molecule has 1 rings (SSSR count). The average Bonchev–Trinajstić information content (AvgIpc) is 2.71. The minimum absolute atomic E-state index is 0.000816. The van der Waals surface area contributed by atoms with Crippen LogP contribution in [0.2, 0.25) is 5.82 Å². The van der Waals surface area contributed by atoms with Crippen molar-refractivity contribution in [1.29, 1.82) is 0 Å². The van der Waals surface area contributed by atoms with Gasteiger partial charge in [-0.25, -0.2) is 0 Å². The molecule has 5 atom stereocenters. The zero-order valence-electron chi connectivity index (χ0n) is 13.6. The molecule has 1 saturated carbocycles. The van der Waals surface area contributed by atoms with Gasteiger partial charge in [0.2, 0.25) is 0 Å². The second-order valence-electron chi connectivity index (χ2n) is 6.30. The van der Waals surface area contributed by atoms with Crippen LogP contribution in [0, 0.1) is 11.8 Å². The van der Waals surface area contributed by atoms with Crippen molar-refractivity contribution in [2.45, 2.75) is 76.8 Å². The fourth-order valence-corrected chi connectivity index (χ4v) is 3.13. The van der Waals surface area contributed by atoms with E-state index in [0.717, 1.165) is 25.7 Å². The fraction of sp³-hybridized carbons (Fsp3) is 0.778. The molecule has 1 aliphatic carbocycles. The van der Waals surface area contributed by atoms with Gasteiger partial charge in [0.05, 0.1) is 20.1 Å². The quantitative estimate of drug-likeness (QED) is 0.385. The van der Waals surface area contributed by atoms with Crippen molar-refractivity contribution in [3.05, 3.63) is 24.3 Å². The first kappa shape index (κ1) is 18.5. The molecule has 0 aromatic rings. The summed E-state index contributed by atoms with van der Waals surface area (Å²) in [5, 5.41) is 20.0. The molecule has 2 nitrogen and oxygen atoms in total. The van der Waals surface area contributed by atoms with Gasteiger partial charge in [0.1, 0.15) is 0 Å². The molecule has 0 aliphatic heterocycles. The van der Waals surface area contributed by atoms with Gasteiger partial charge < -0.3 is 10.2 Å². The van der Waals surface area contributed by atoms with Crippen LogP contribution in [0.1, 0.15) is 58.8 Å². The van der Waals surface area contributed by atoms with Gasteiger partial charge in [-0.1, -0.05) is 63.2 Å². The molecular formula is C18H31BO2. The zero-order valence-corrected chi connectivity index (χ0v) is 13.6. The van der Waals surface area contributed by atoms with E-state index < -0.39 is 0 Å². The molecule has 21 heavy (non-hydrogen) atoms. The van der Waals surface area contributed by atoms with Crippen molar-refractivity contribution >= 4 is 7.85 Å². The standard InChI is InChI=1S/C18H31BO2/c1-3-5-6-7-8-10-16-15(17(19)13-18(16)21)12-11-14(20)9-4-2/h7-8,11-12,14-18,20-21H,3-6,9-10,13H2,1-2H3/b8-7-,12-11+/t14-,15+,16+,17?,18?/m0/s1. The van der Waals surface area contributed by atoms with Crippen LogP contribution in [-0.2, 0) is 0 Å². The summed E-state index contributed by atoms with van der Waals surface area (Å²) in [6.07, 6.45) is 14.4. The smallest absolute Gasteiger partial charge is 0.0720 e. The van der Waals surface area contributed by atoms with E-state index in [-0.39, 0.29) is 29.9 Å². The number of allylic oxidation sites excluding steroid dienone is 3. The topological polar surface area (TPSA) is 40.5 Å². The molecule has 0 heterocycles. The Morgan fingerprint density at radius 1 is 1.24 bits per heavy atom. The van der Waals surface area contributed by atoms with Crippen LogP contribution in [-0.4, -0.2) is 30.3 Å². The minimum atomic E-state index is -0.388. The Balaban J connectivity index is 2.55. The molecule has 0 aromatic carbocycles. The first-order valence-corrected chi connectivity index (χ1v) is 8.55. The Morgan fingerprint density at radius 2 is 2.00 bits per heavy atom. The van der Waals surface area contributed by atoms with E-state index in [1.807, 2.05) is 12.2 Å². The molecule has 1 fully saturated rings. The summed E-state index contributed by atoms with van der Waals surface area (Å²) in [6, 6.07) is 0. The molecule has 0 saturated heterocycles. The molecule has 0 amide bonds. The Kier molecular flexibility index (Phi) is 9.02. The average molecular weight is 290 g/mol. The van der Waals surface area contributed by atoms with Gasteiger partial charge in [0.25, 0.3) is 0 Å². The van der Waals surface area contributed by atoms with Crippen molar-refractivity contribution in [3.8, 4) is 0 Å². The van der Waals surface area contributed by atoms with Crippen molar-refractivity contribution in [1.82, 2.24) is 0 Å². The summed E-state index contributed by atoms with van der Waals surface area (Å²) in [5.74, 6) is 0.351. The van der Waals surface area contributed by atoms with Gasteiger partial charge >= 0.3 is 0 Å². The van der Waals surface area contributed by atoms with E-state index >= 15 is 0 Å². The van der Waals surface area contributed by atoms with Crippen LogP contribution in [0.25, 0.3) is 0 Å². The summed E-state index contributed by atoms with van der Waals surface area (Å²) >= 11 is 0. The maximum absolute atomic E-state index is 10.2. The van der Waals surface area contributed by atoms with Crippen molar-refractivity contribution in [2.75, 3.05) is 0 Å². The maximum atomic E-state index is 10.2. The van der Waals surface area contributed by atoms with Crippen molar-refractivity contribution in [3.63, 3.8) is 0 Å². The lowest BCUT2D eigenvalue weighted by Gasteiger charge is -2.20. The molecular weight excluding hydrogens is 259 g/mol. The van der Waals surface area contributed by atoms with Gasteiger partial charge in [-0.3, -0.25) is 0 Å². The monoisotopic (exact) mass is 290 g/mol. The summed E-state index contributed by atoms with van der Waals surface area (Å²) in [7, 11) is 6.15. The predicted octanol–water partition coefficient (Wildman–Crippen LogP) is 3.79. The molecule has 2 radical (unpaired) electrons. The van der Waals surface area contributed by atoms with E-state index in [0.29, 0.717) is 6.42 Å². The van der Waals surface area contributed by atoms with Crippen LogP contribution in [0.5, 0.6) is 0 Å². The second-order valence-corrected chi connectivity index (χ2v) is 6.30. The predicted molar refractivity (Wildman–Crippen MR) is 90.4 cm³/mol. The Bertz CT molecular complexity index is 327. The molecule has 2 N–H and O–H groups in total. The molecule has 3 heteroatoms. The number of rotatable bonds is 9. The van der Waals surface area contributed by atoms with Crippen LogP contribution in [0.3, 0.4) is 0 Å². The highest BCUT2D eigenvalue weighted by atomic mass is 16.3. The normalized spacial score (nSPS) is 31.4. The van der Waals surface area contributed by atoms with E-state index in [1.165, 1.54) is 12.8 Å². The van der Waals surface area contributed by atoms with Gasteiger partial charge in [-0.15, -0.1) is 0 Å². The van der Waals surface area contributed by atoms with Crippen LogP contribution >= 0.6 is 0 Å². The lowest BCUT2D eigenvalue weighted by Crippen LogP contribution is -2.18. The third-order valence-electron chi connectivity index (χ3n) is 4.44. The Hall–Kier alpha value is -0.535. The number of aliphatic hydroxyl groups excluding tert-OH is 2. The van der Waals surface area contributed by atoms with E-state index in [2.05, 4.69) is 26.0 Å². The minimum Gasteiger partial charge on any atom is -0.393 e. The van der Waals surface area contributed by atoms with Crippen molar-refractivity contribution in [2.24, 2.45) is 11.8 Å². The summed E-state index contributed by atoms with van der Waals surface area (Å²) in [6.45, 7) is 4.25. The third-order valence-corrected chi connectivity index (χ3v) is 4.44. The fourth-order valence-electron chi connectivity index (χ4n) is 3.13. The first-order valence-electron chi connectivity index (χ1n) is 8.55. The highest BCUT2D eigenvalue weighted by Crippen LogP contribution is 2.42. The number of hydrogen-bond acceptors (Lipinski definition) is 2. The summed E-state index contributed by atoms with van der Waals surface area (Å²) in [5.41, 5.74) is 0. The Morgan fingerprint density at radius 3 is 2.67 bits per heavy atom. The SMILES string of the molecule is [B]C1CC(O)[C@H](C/C=C\CCCC)[C@H]1/C=C/[C@@H](O)CCC.